The summed E-state index contributed by atoms with van der Waals surface area (Å²) in [4.78, 5) is 29.1. The molecule has 30 heavy (non-hydrogen) atoms. The van der Waals surface area contributed by atoms with Crippen LogP contribution >= 0.6 is 11.8 Å². The Bertz CT molecular complexity index is 1090. The van der Waals surface area contributed by atoms with Crippen molar-refractivity contribution in [3.05, 3.63) is 71.5 Å². The summed E-state index contributed by atoms with van der Waals surface area (Å²) in [5, 5.41) is 6.59. The van der Waals surface area contributed by atoms with Crippen LogP contribution in [0.5, 0.6) is 0 Å². The number of aromatic nitrogens is 2. The number of benzene rings is 2. The van der Waals surface area contributed by atoms with Crippen LogP contribution in [0.3, 0.4) is 0 Å². The SMILES string of the molecule is Cc1ccc(-n2ccnc2SCC(=O)Nc2cccc(C(=O)NC3CC3)c2)c(C)c1. The summed E-state index contributed by atoms with van der Waals surface area (Å²) in [6, 6.07) is 13.6. The van der Waals surface area contributed by atoms with Gasteiger partial charge < -0.3 is 10.6 Å². The Kier molecular flexibility index (Phi) is 5.90. The topological polar surface area (TPSA) is 76.0 Å². The number of hydrogen-bond acceptors (Lipinski definition) is 4. The maximum absolute atomic E-state index is 12.5. The average Bonchev–Trinajstić information content (AvgIpc) is 3.41. The van der Waals surface area contributed by atoms with Crippen molar-refractivity contribution in [1.82, 2.24) is 14.9 Å². The van der Waals surface area contributed by atoms with E-state index in [0.717, 1.165) is 29.2 Å². The Hall–Kier alpha value is -3.06. The largest absolute Gasteiger partial charge is 0.349 e. The standard InChI is InChI=1S/C23H24N4O2S/c1-15-6-9-20(16(2)12-15)27-11-10-24-23(27)30-14-21(28)25-19-5-3-4-17(13-19)22(29)26-18-7-8-18/h3-6,9-13,18H,7-8,14H2,1-2H3,(H,25,28)(H,26,29). The second-order valence-electron chi connectivity index (χ2n) is 7.54. The third kappa shape index (κ3) is 4.91. The van der Waals surface area contributed by atoms with E-state index in [1.165, 1.54) is 17.3 Å². The molecule has 0 radical (unpaired) electrons. The summed E-state index contributed by atoms with van der Waals surface area (Å²) in [5.41, 5.74) is 4.58. The van der Waals surface area contributed by atoms with Crippen molar-refractivity contribution in [3.8, 4) is 5.69 Å². The third-order valence-electron chi connectivity index (χ3n) is 4.87. The molecule has 1 aromatic heterocycles. The maximum atomic E-state index is 12.5. The number of hydrogen-bond donors (Lipinski definition) is 2. The van der Waals surface area contributed by atoms with Gasteiger partial charge in [0.15, 0.2) is 5.16 Å². The Morgan fingerprint density at radius 1 is 1.17 bits per heavy atom. The first kappa shape index (κ1) is 20.2. The number of carbonyl (C=O) groups is 2. The van der Waals surface area contributed by atoms with Gasteiger partial charge in [0.2, 0.25) is 5.91 Å². The molecule has 2 amide bonds. The van der Waals surface area contributed by atoms with E-state index in [2.05, 4.69) is 47.7 Å². The summed E-state index contributed by atoms with van der Waals surface area (Å²) in [6.45, 7) is 4.13. The fourth-order valence-electron chi connectivity index (χ4n) is 3.22. The molecular weight excluding hydrogens is 396 g/mol. The molecule has 6 nitrogen and oxygen atoms in total. The van der Waals surface area contributed by atoms with Crippen LogP contribution in [-0.4, -0.2) is 33.2 Å². The summed E-state index contributed by atoms with van der Waals surface area (Å²) >= 11 is 1.38. The van der Waals surface area contributed by atoms with Crippen molar-refractivity contribution in [3.63, 3.8) is 0 Å². The van der Waals surface area contributed by atoms with Crippen molar-refractivity contribution in [2.45, 2.75) is 37.9 Å². The molecular formula is C23H24N4O2S. The Balaban J connectivity index is 1.38. The van der Waals surface area contributed by atoms with E-state index in [9.17, 15) is 9.59 Å². The molecule has 1 aliphatic rings. The third-order valence-corrected chi connectivity index (χ3v) is 5.84. The number of nitrogens with one attached hydrogen (secondary N) is 2. The second-order valence-corrected chi connectivity index (χ2v) is 8.48. The minimum Gasteiger partial charge on any atom is -0.349 e. The predicted molar refractivity (Wildman–Crippen MR) is 119 cm³/mol. The van der Waals surface area contributed by atoms with Crippen molar-refractivity contribution in [1.29, 1.82) is 0 Å². The monoisotopic (exact) mass is 420 g/mol. The van der Waals surface area contributed by atoms with Gasteiger partial charge in [0.25, 0.3) is 5.91 Å². The first-order chi connectivity index (χ1) is 14.5. The van der Waals surface area contributed by atoms with Gasteiger partial charge in [-0.25, -0.2) is 4.98 Å². The lowest BCUT2D eigenvalue weighted by Gasteiger charge is -2.11. The maximum Gasteiger partial charge on any atom is 0.251 e. The Labute approximate surface area is 180 Å². The van der Waals surface area contributed by atoms with Gasteiger partial charge in [-0.1, -0.05) is 35.5 Å². The van der Waals surface area contributed by atoms with Crippen molar-refractivity contribution in [2.24, 2.45) is 0 Å². The zero-order valence-corrected chi connectivity index (χ0v) is 17.8. The molecule has 1 saturated carbocycles. The number of aryl methyl sites for hydroxylation is 2. The lowest BCUT2D eigenvalue weighted by molar-refractivity contribution is -0.113. The summed E-state index contributed by atoms with van der Waals surface area (Å²) in [6.07, 6.45) is 5.72. The van der Waals surface area contributed by atoms with Crippen LogP contribution in [0.4, 0.5) is 5.69 Å². The van der Waals surface area contributed by atoms with Crippen LogP contribution < -0.4 is 10.6 Å². The van der Waals surface area contributed by atoms with Crippen LogP contribution in [0.2, 0.25) is 0 Å². The molecule has 0 aliphatic heterocycles. The summed E-state index contributed by atoms with van der Waals surface area (Å²) in [7, 11) is 0. The van der Waals surface area contributed by atoms with E-state index in [-0.39, 0.29) is 17.6 Å². The molecule has 1 aliphatic carbocycles. The molecule has 1 fully saturated rings. The van der Waals surface area contributed by atoms with Crippen molar-refractivity contribution in [2.75, 3.05) is 11.1 Å². The van der Waals surface area contributed by atoms with Gasteiger partial charge in [-0.05, 0) is 56.5 Å². The van der Waals surface area contributed by atoms with Crippen LogP contribution in [0, 0.1) is 13.8 Å². The first-order valence-electron chi connectivity index (χ1n) is 9.94. The smallest absolute Gasteiger partial charge is 0.251 e. The van der Waals surface area contributed by atoms with E-state index in [4.69, 9.17) is 0 Å². The molecule has 0 unspecified atom stereocenters. The normalized spacial score (nSPS) is 13.1. The van der Waals surface area contributed by atoms with Crippen LogP contribution in [-0.2, 0) is 4.79 Å². The van der Waals surface area contributed by atoms with Gasteiger partial charge >= 0.3 is 0 Å². The molecule has 4 rings (SSSR count). The molecule has 0 saturated heterocycles. The molecule has 0 bridgehead atoms. The number of anilines is 1. The highest BCUT2D eigenvalue weighted by atomic mass is 32.2. The fraction of sp³-hybridized carbons (Fsp3) is 0.261. The number of thioether (sulfide) groups is 1. The van der Waals surface area contributed by atoms with Gasteiger partial charge in [0.05, 0.1) is 11.4 Å². The van der Waals surface area contributed by atoms with E-state index >= 15 is 0 Å². The summed E-state index contributed by atoms with van der Waals surface area (Å²) < 4.78 is 2.00. The van der Waals surface area contributed by atoms with E-state index in [1.807, 2.05) is 10.8 Å². The quantitative estimate of drug-likeness (QED) is 0.564. The molecule has 0 atom stereocenters. The van der Waals surface area contributed by atoms with E-state index < -0.39 is 0 Å². The minimum atomic E-state index is -0.144. The zero-order chi connectivity index (χ0) is 21.1. The van der Waals surface area contributed by atoms with E-state index in [0.29, 0.717) is 17.3 Å². The molecule has 2 N–H and O–H groups in total. The van der Waals surface area contributed by atoms with Crippen LogP contribution in [0.25, 0.3) is 5.69 Å². The molecule has 1 heterocycles. The number of rotatable bonds is 7. The predicted octanol–water partition coefficient (Wildman–Crippen LogP) is 4.11. The molecule has 0 spiro atoms. The highest BCUT2D eigenvalue weighted by Gasteiger charge is 2.23. The Morgan fingerprint density at radius 2 is 2.00 bits per heavy atom. The van der Waals surface area contributed by atoms with Gasteiger partial charge in [0.1, 0.15) is 0 Å². The highest BCUT2D eigenvalue weighted by Crippen LogP contribution is 2.24. The molecule has 3 aromatic rings. The minimum absolute atomic E-state index is 0.0986. The molecule has 154 valence electrons. The molecule has 7 heteroatoms. The lowest BCUT2D eigenvalue weighted by Crippen LogP contribution is -2.25. The van der Waals surface area contributed by atoms with Crippen LogP contribution in [0.1, 0.15) is 34.3 Å². The number of nitrogens with zero attached hydrogens (tertiary/aromatic N) is 2. The van der Waals surface area contributed by atoms with Crippen molar-refractivity contribution < 1.29 is 9.59 Å². The van der Waals surface area contributed by atoms with Gasteiger partial charge in [-0.2, -0.15) is 0 Å². The van der Waals surface area contributed by atoms with Gasteiger partial charge in [0, 0.05) is 29.7 Å². The van der Waals surface area contributed by atoms with Gasteiger partial charge in [-0.3, -0.25) is 14.2 Å². The second kappa shape index (κ2) is 8.75. The fourth-order valence-corrected chi connectivity index (χ4v) is 3.98. The highest BCUT2D eigenvalue weighted by molar-refractivity contribution is 7.99. The van der Waals surface area contributed by atoms with E-state index in [1.54, 1.807) is 30.5 Å². The number of imidazole rings is 1. The van der Waals surface area contributed by atoms with Crippen LogP contribution in [0.15, 0.2) is 60.0 Å². The summed E-state index contributed by atoms with van der Waals surface area (Å²) in [5.74, 6) is -0.0196. The number of carbonyl (C=O) groups excluding carboxylic acids is 2. The number of amides is 2. The van der Waals surface area contributed by atoms with Crippen molar-refractivity contribution >= 4 is 29.3 Å². The first-order valence-corrected chi connectivity index (χ1v) is 10.9. The molecule has 2 aromatic carbocycles. The van der Waals surface area contributed by atoms with Gasteiger partial charge in [-0.15, -0.1) is 0 Å². The average molecular weight is 421 g/mol. The zero-order valence-electron chi connectivity index (χ0n) is 17.0. The lowest BCUT2D eigenvalue weighted by atomic mass is 10.1. The Morgan fingerprint density at radius 3 is 2.77 bits per heavy atom.